The molecule has 1 unspecified atom stereocenters. The number of benzene rings is 2. The summed E-state index contributed by atoms with van der Waals surface area (Å²) in [4.78, 5) is 0. The highest BCUT2D eigenvalue weighted by atomic mass is 14.6. The standard InChI is InChI=1S/C16H21N/c1-12(2)9-16(17)11-13-7-8-14-5-3-4-6-15(14)10-13/h3-8,10,12,16H,9,11,17H2,1-2H3. The molecule has 0 bridgehead atoms. The van der Waals surface area contributed by atoms with E-state index in [9.17, 15) is 0 Å². The van der Waals surface area contributed by atoms with E-state index in [4.69, 9.17) is 5.73 Å². The fraction of sp³-hybridized carbons (Fsp3) is 0.375. The first kappa shape index (κ1) is 12.1. The molecule has 1 atom stereocenters. The predicted octanol–water partition coefficient (Wildman–Crippen LogP) is 3.76. The summed E-state index contributed by atoms with van der Waals surface area (Å²) in [6.45, 7) is 4.44. The summed E-state index contributed by atoms with van der Waals surface area (Å²) >= 11 is 0. The summed E-state index contributed by atoms with van der Waals surface area (Å²) in [5.74, 6) is 0.672. The van der Waals surface area contributed by atoms with Crippen LogP contribution in [0.5, 0.6) is 0 Å². The lowest BCUT2D eigenvalue weighted by atomic mass is 9.96. The van der Waals surface area contributed by atoms with Gasteiger partial charge in [0.25, 0.3) is 0 Å². The van der Waals surface area contributed by atoms with Gasteiger partial charge >= 0.3 is 0 Å². The molecule has 0 saturated carbocycles. The lowest BCUT2D eigenvalue weighted by molar-refractivity contribution is 0.493. The second-order valence-electron chi connectivity index (χ2n) is 5.28. The second-order valence-corrected chi connectivity index (χ2v) is 5.28. The summed E-state index contributed by atoms with van der Waals surface area (Å²) in [5.41, 5.74) is 7.50. The minimum atomic E-state index is 0.274. The topological polar surface area (TPSA) is 26.0 Å². The van der Waals surface area contributed by atoms with Crippen LogP contribution in [0.3, 0.4) is 0 Å². The Morgan fingerprint density at radius 1 is 1.00 bits per heavy atom. The van der Waals surface area contributed by atoms with Crippen LogP contribution in [0.4, 0.5) is 0 Å². The molecule has 0 aliphatic rings. The van der Waals surface area contributed by atoms with Gasteiger partial charge in [0.2, 0.25) is 0 Å². The van der Waals surface area contributed by atoms with Crippen molar-refractivity contribution in [3.8, 4) is 0 Å². The van der Waals surface area contributed by atoms with Crippen LogP contribution >= 0.6 is 0 Å². The summed E-state index contributed by atoms with van der Waals surface area (Å²) in [6, 6.07) is 15.4. The Hall–Kier alpha value is -1.34. The number of fused-ring (bicyclic) bond motifs is 1. The molecule has 0 saturated heterocycles. The predicted molar refractivity (Wildman–Crippen MR) is 75.1 cm³/mol. The Kier molecular flexibility index (Phi) is 3.80. The van der Waals surface area contributed by atoms with Crippen LogP contribution in [0.1, 0.15) is 25.8 Å². The molecule has 2 rings (SSSR count). The van der Waals surface area contributed by atoms with Crippen molar-refractivity contribution in [3.05, 3.63) is 48.0 Å². The van der Waals surface area contributed by atoms with Gasteiger partial charge in [0.15, 0.2) is 0 Å². The molecule has 2 aromatic rings. The van der Waals surface area contributed by atoms with Crippen LogP contribution in [0, 0.1) is 5.92 Å². The third-order valence-corrected chi connectivity index (χ3v) is 3.09. The van der Waals surface area contributed by atoms with E-state index in [2.05, 4.69) is 56.3 Å². The molecule has 2 aromatic carbocycles. The Morgan fingerprint density at radius 3 is 2.41 bits per heavy atom. The number of hydrogen-bond acceptors (Lipinski definition) is 1. The number of nitrogens with two attached hydrogens (primary N) is 1. The van der Waals surface area contributed by atoms with Crippen molar-refractivity contribution in [2.45, 2.75) is 32.7 Å². The molecular weight excluding hydrogens is 206 g/mol. The van der Waals surface area contributed by atoms with Crippen molar-refractivity contribution in [1.82, 2.24) is 0 Å². The third-order valence-electron chi connectivity index (χ3n) is 3.09. The molecule has 0 aliphatic heterocycles. The van der Waals surface area contributed by atoms with Gasteiger partial charge in [-0.1, -0.05) is 56.3 Å². The maximum Gasteiger partial charge on any atom is 0.00817 e. The Bertz CT molecular complexity index is 488. The van der Waals surface area contributed by atoms with Crippen molar-refractivity contribution >= 4 is 10.8 Å². The van der Waals surface area contributed by atoms with Crippen LogP contribution in [-0.2, 0) is 6.42 Å². The van der Waals surface area contributed by atoms with Crippen molar-refractivity contribution in [3.63, 3.8) is 0 Å². The molecule has 1 heteroatoms. The quantitative estimate of drug-likeness (QED) is 0.845. The van der Waals surface area contributed by atoms with Gasteiger partial charge in [-0.25, -0.2) is 0 Å². The SMILES string of the molecule is CC(C)CC(N)Cc1ccc2ccccc2c1. The molecule has 90 valence electrons. The highest BCUT2D eigenvalue weighted by Crippen LogP contribution is 2.17. The fourth-order valence-corrected chi connectivity index (χ4v) is 2.36. The average molecular weight is 227 g/mol. The maximum atomic E-state index is 6.15. The smallest absolute Gasteiger partial charge is 0.00817 e. The molecule has 0 radical (unpaired) electrons. The van der Waals surface area contributed by atoms with Crippen molar-refractivity contribution < 1.29 is 0 Å². The van der Waals surface area contributed by atoms with Crippen LogP contribution < -0.4 is 5.73 Å². The molecule has 17 heavy (non-hydrogen) atoms. The van der Waals surface area contributed by atoms with E-state index in [-0.39, 0.29) is 6.04 Å². The third kappa shape index (κ3) is 3.31. The summed E-state index contributed by atoms with van der Waals surface area (Å²) in [7, 11) is 0. The summed E-state index contributed by atoms with van der Waals surface area (Å²) in [6.07, 6.45) is 2.07. The van der Waals surface area contributed by atoms with E-state index in [1.165, 1.54) is 16.3 Å². The van der Waals surface area contributed by atoms with E-state index < -0.39 is 0 Å². The highest BCUT2D eigenvalue weighted by molar-refractivity contribution is 5.82. The zero-order valence-electron chi connectivity index (χ0n) is 10.7. The van der Waals surface area contributed by atoms with Crippen LogP contribution in [0.25, 0.3) is 10.8 Å². The van der Waals surface area contributed by atoms with Gasteiger partial charge in [0.1, 0.15) is 0 Å². The first-order valence-corrected chi connectivity index (χ1v) is 6.38. The average Bonchev–Trinajstić information content (AvgIpc) is 2.27. The molecule has 0 amide bonds. The Labute approximate surface area is 104 Å². The van der Waals surface area contributed by atoms with Gasteiger partial charge in [0, 0.05) is 6.04 Å². The van der Waals surface area contributed by atoms with E-state index in [0.29, 0.717) is 5.92 Å². The van der Waals surface area contributed by atoms with E-state index in [1.54, 1.807) is 0 Å². The zero-order chi connectivity index (χ0) is 12.3. The van der Waals surface area contributed by atoms with Crippen molar-refractivity contribution in [2.75, 3.05) is 0 Å². The lowest BCUT2D eigenvalue weighted by Gasteiger charge is -2.14. The summed E-state index contributed by atoms with van der Waals surface area (Å²) in [5, 5.41) is 2.61. The Balaban J connectivity index is 2.14. The monoisotopic (exact) mass is 227 g/mol. The van der Waals surface area contributed by atoms with Gasteiger partial charge in [-0.15, -0.1) is 0 Å². The van der Waals surface area contributed by atoms with E-state index in [0.717, 1.165) is 12.8 Å². The van der Waals surface area contributed by atoms with Crippen molar-refractivity contribution in [2.24, 2.45) is 11.7 Å². The van der Waals surface area contributed by atoms with Crippen LogP contribution in [0.2, 0.25) is 0 Å². The molecule has 0 aromatic heterocycles. The van der Waals surface area contributed by atoms with Gasteiger partial charge in [-0.2, -0.15) is 0 Å². The molecule has 0 aliphatic carbocycles. The van der Waals surface area contributed by atoms with E-state index >= 15 is 0 Å². The molecule has 0 fully saturated rings. The van der Waals surface area contributed by atoms with Gasteiger partial charge in [-0.3, -0.25) is 0 Å². The molecule has 0 heterocycles. The van der Waals surface area contributed by atoms with Crippen LogP contribution in [0.15, 0.2) is 42.5 Å². The molecule has 0 spiro atoms. The zero-order valence-corrected chi connectivity index (χ0v) is 10.7. The summed E-state index contributed by atoms with van der Waals surface area (Å²) < 4.78 is 0. The van der Waals surface area contributed by atoms with Crippen molar-refractivity contribution in [1.29, 1.82) is 0 Å². The Morgan fingerprint density at radius 2 is 1.71 bits per heavy atom. The lowest BCUT2D eigenvalue weighted by Crippen LogP contribution is -2.24. The minimum absolute atomic E-state index is 0.274. The van der Waals surface area contributed by atoms with Gasteiger partial charge in [-0.05, 0) is 35.1 Å². The molecule has 2 N–H and O–H groups in total. The first-order chi connectivity index (χ1) is 8.15. The van der Waals surface area contributed by atoms with E-state index in [1.807, 2.05) is 0 Å². The van der Waals surface area contributed by atoms with Crippen LogP contribution in [-0.4, -0.2) is 6.04 Å². The normalized spacial score (nSPS) is 13.2. The van der Waals surface area contributed by atoms with Gasteiger partial charge in [0.05, 0.1) is 0 Å². The number of hydrogen-bond donors (Lipinski definition) is 1. The maximum absolute atomic E-state index is 6.15. The first-order valence-electron chi connectivity index (χ1n) is 6.38. The molecular formula is C16H21N. The molecule has 1 nitrogen and oxygen atoms in total. The fourth-order valence-electron chi connectivity index (χ4n) is 2.36. The second kappa shape index (κ2) is 5.33. The number of rotatable bonds is 4. The highest BCUT2D eigenvalue weighted by Gasteiger charge is 2.06. The minimum Gasteiger partial charge on any atom is -0.327 e. The van der Waals surface area contributed by atoms with Gasteiger partial charge < -0.3 is 5.73 Å². The largest absolute Gasteiger partial charge is 0.327 e.